The van der Waals surface area contributed by atoms with Crippen LogP contribution >= 0.6 is 11.6 Å². The zero-order chi connectivity index (χ0) is 17.6. The fraction of sp³-hybridized carbons (Fsp3) is 0.158. The molecule has 0 spiro atoms. The van der Waals surface area contributed by atoms with Gasteiger partial charge in [0.05, 0.1) is 12.2 Å². The van der Waals surface area contributed by atoms with Crippen LogP contribution in [0.5, 0.6) is 5.75 Å². The van der Waals surface area contributed by atoms with Crippen LogP contribution in [0.1, 0.15) is 23.0 Å². The van der Waals surface area contributed by atoms with Gasteiger partial charge in [-0.3, -0.25) is 0 Å². The van der Waals surface area contributed by atoms with E-state index in [2.05, 4.69) is 5.16 Å². The number of nitrogens with zero attached hydrogens (tertiary/aromatic N) is 1. The van der Waals surface area contributed by atoms with Crippen LogP contribution in [0.3, 0.4) is 0 Å². The van der Waals surface area contributed by atoms with Crippen molar-refractivity contribution in [3.05, 3.63) is 70.9 Å². The monoisotopic (exact) mass is 357 g/mol. The molecule has 6 heteroatoms. The highest BCUT2D eigenvalue weighted by atomic mass is 35.5. The molecule has 0 fully saturated rings. The molecule has 1 aromatic heterocycles. The highest BCUT2D eigenvalue weighted by molar-refractivity contribution is 6.30. The maximum absolute atomic E-state index is 11.7. The first-order valence-corrected chi connectivity index (χ1v) is 8.15. The van der Waals surface area contributed by atoms with Gasteiger partial charge in [0, 0.05) is 11.1 Å². The topological polar surface area (TPSA) is 61.6 Å². The number of hydrogen-bond acceptors (Lipinski definition) is 5. The van der Waals surface area contributed by atoms with Gasteiger partial charge in [0.2, 0.25) is 0 Å². The fourth-order valence-corrected chi connectivity index (χ4v) is 2.43. The second kappa shape index (κ2) is 7.85. The summed E-state index contributed by atoms with van der Waals surface area (Å²) in [7, 11) is 0. The molecule has 0 radical (unpaired) electrons. The third-order valence-electron chi connectivity index (χ3n) is 3.44. The maximum atomic E-state index is 11.7. The number of hydrogen-bond donors (Lipinski definition) is 0. The molecule has 25 heavy (non-hydrogen) atoms. The number of esters is 1. The van der Waals surface area contributed by atoms with E-state index in [4.69, 9.17) is 25.6 Å². The van der Waals surface area contributed by atoms with E-state index >= 15 is 0 Å². The Hall–Kier alpha value is -2.79. The molecule has 3 aromatic rings. The van der Waals surface area contributed by atoms with Crippen molar-refractivity contribution in [2.75, 3.05) is 6.61 Å². The SMILES string of the molecule is CCOC(=O)c1cc(-c2cc(Cl)ccc2OCc2ccccc2)on1. The zero-order valence-corrected chi connectivity index (χ0v) is 14.3. The van der Waals surface area contributed by atoms with Gasteiger partial charge in [0.15, 0.2) is 11.5 Å². The summed E-state index contributed by atoms with van der Waals surface area (Å²) in [6, 6.07) is 16.5. The summed E-state index contributed by atoms with van der Waals surface area (Å²) in [4.78, 5) is 11.7. The molecular weight excluding hydrogens is 342 g/mol. The Bertz CT molecular complexity index is 861. The van der Waals surface area contributed by atoms with Crippen molar-refractivity contribution < 1.29 is 18.8 Å². The second-order valence-corrected chi connectivity index (χ2v) is 5.65. The van der Waals surface area contributed by atoms with E-state index < -0.39 is 5.97 Å². The molecule has 0 amide bonds. The van der Waals surface area contributed by atoms with Gasteiger partial charge in [-0.05, 0) is 30.7 Å². The van der Waals surface area contributed by atoms with E-state index in [1.165, 1.54) is 6.07 Å². The summed E-state index contributed by atoms with van der Waals surface area (Å²) in [5, 5.41) is 4.28. The minimum absolute atomic E-state index is 0.103. The molecule has 0 saturated heterocycles. The number of halogens is 1. The third kappa shape index (κ3) is 4.19. The summed E-state index contributed by atoms with van der Waals surface area (Å²) >= 11 is 6.09. The molecular formula is C19H16ClNO4. The standard InChI is InChI=1S/C19H16ClNO4/c1-2-23-19(22)16-11-18(25-21-16)15-10-14(20)8-9-17(15)24-12-13-6-4-3-5-7-13/h3-11H,2,12H2,1H3. The van der Waals surface area contributed by atoms with E-state index in [-0.39, 0.29) is 12.3 Å². The Morgan fingerprint density at radius 1 is 1.16 bits per heavy atom. The van der Waals surface area contributed by atoms with Gasteiger partial charge in [-0.2, -0.15) is 0 Å². The predicted octanol–water partition coefficient (Wildman–Crippen LogP) is 4.75. The largest absolute Gasteiger partial charge is 0.488 e. The molecule has 0 atom stereocenters. The van der Waals surface area contributed by atoms with Gasteiger partial charge in [-0.15, -0.1) is 0 Å². The van der Waals surface area contributed by atoms with Crippen LogP contribution in [0, 0.1) is 0 Å². The average Bonchev–Trinajstić information content (AvgIpc) is 3.12. The van der Waals surface area contributed by atoms with Crippen molar-refractivity contribution in [3.8, 4) is 17.1 Å². The number of ether oxygens (including phenoxy) is 2. The van der Waals surface area contributed by atoms with E-state index in [1.807, 2.05) is 30.3 Å². The number of carbonyl (C=O) groups is 1. The van der Waals surface area contributed by atoms with Crippen LogP contribution < -0.4 is 4.74 Å². The summed E-state index contributed by atoms with van der Waals surface area (Å²) in [6.07, 6.45) is 0. The smallest absolute Gasteiger partial charge is 0.360 e. The fourth-order valence-electron chi connectivity index (χ4n) is 2.26. The highest BCUT2D eigenvalue weighted by Gasteiger charge is 2.18. The lowest BCUT2D eigenvalue weighted by Crippen LogP contribution is -2.04. The van der Waals surface area contributed by atoms with Gasteiger partial charge in [0.25, 0.3) is 0 Å². The molecule has 0 bridgehead atoms. The van der Waals surface area contributed by atoms with E-state index in [0.717, 1.165) is 5.56 Å². The number of aromatic nitrogens is 1. The third-order valence-corrected chi connectivity index (χ3v) is 3.67. The zero-order valence-electron chi connectivity index (χ0n) is 13.6. The van der Waals surface area contributed by atoms with Gasteiger partial charge in [-0.25, -0.2) is 4.79 Å². The summed E-state index contributed by atoms with van der Waals surface area (Å²) in [6.45, 7) is 2.39. The van der Waals surface area contributed by atoms with Crippen molar-refractivity contribution >= 4 is 17.6 Å². The molecule has 0 N–H and O–H groups in total. The Morgan fingerprint density at radius 2 is 1.96 bits per heavy atom. The van der Waals surface area contributed by atoms with Crippen LogP contribution in [0.15, 0.2) is 59.1 Å². The molecule has 0 aliphatic carbocycles. The quantitative estimate of drug-likeness (QED) is 0.596. The van der Waals surface area contributed by atoms with Gasteiger partial charge in [0.1, 0.15) is 12.4 Å². The van der Waals surface area contributed by atoms with Crippen molar-refractivity contribution in [2.24, 2.45) is 0 Å². The van der Waals surface area contributed by atoms with Crippen LogP contribution in [-0.2, 0) is 11.3 Å². The lowest BCUT2D eigenvalue weighted by atomic mass is 10.1. The van der Waals surface area contributed by atoms with E-state index in [9.17, 15) is 4.79 Å². The van der Waals surface area contributed by atoms with Crippen LogP contribution in [-0.4, -0.2) is 17.7 Å². The van der Waals surface area contributed by atoms with Crippen molar-refractivity contribution in [3.63, 3.8) is 0 Å². The summed E-state index contributed by atoms with van der Waals surface area (Å²) in [5.74, 6) is 0.430. The van der Waals surface area contributed by atoms with Crippen LogP contribution in [0.25, 0.3) is 11.3 Å². The van der Waals surface area contributed by atoms with Crippen molar-refractivity contribution in [1.29, 1.82) is 0 Å². The summed E-state index contributed by atoms with van der Waals surface area (Å²) in [5.41, 5.74) is 1.76. The predicted molar refractivity (Wildman–Crippen MR) is 93.7 cm³/mol. The molecule has 128 valence electrons. The molecule has 0 unspecified atom stereocenters. The van der Waals surface area contributed by atoms with Gasteiger partial charge < -0.3 is 14.0 Å². The molecule has 2 aromatic carbocycles. The molecule has 0 aliphatic heterocycles. The molecule has 5 nitrogen and oxygen atoms in total. The molecule has 1 heterocycles. The van der Waals surface area contributed by atoms with E-state index in [0.29, 0.717) is 28.7 Å². The van der Waals surface area contributed by atoms with Crippen LogP contribution in [0.2, 0.25) is 5.02 Å². The Kier molecular flexibility index (Phi) is 5.36. The number of carbonyl (C=O) groups excluding carboxylic acids is 1. The Labute approximate surface area is 150 Å². The lowest BCUT2D eigenvalue weighted by molar-refractivity contribution is 0.0514. The Morgan fingerprint density at radius 3 is 2.72 bits per heavy atom. The maximum Gasteiger partial charge on any atom is 0.360 e. The first-order chi connectivity index (χ1) is 12.2. The van der Waals surface area contributed by atoms with Crippen molar-refractivity contribution in [2.45, 2.75) is 13.5 Å². The minimum atomic E-state index is -0.536. The molecule has 3 rings (SSSR count). The van der Waals surface area contributed by atoms with Gasteiger partial charge in [-0.1, -0.05) is 47.1 Å². The molecule has 0 aliphatic rings. The minimum Gasteiger partial charge on any atom is -0.488 e. The number of benzene rings is 2. The van der Waals surface area contributed by atoms with E-state index in [1.54, 1.807) is 25.1 Å². The molecule has 0 saturated carbocycles. The second-order valence-electron chi connectivity index (χ2n) is 5.21. The first-order valence-electron chi connectivity index (χ1n) is 7.78. The Balaban J connectivity index is 1.85. The lowest BCUT2D eigenvalue weighted by Gasteiger charge is -2.10. The van der Waals surface area contributed by atoms with Crippen molar-refractivity contribution in [1.82, 2.24) is 5.16 Å². The number of rotatable bonds is 6. The highest BCUT2D eigenvalue weighted by Crippen LogP contribution is 2.33. The first kappa shape index (κ1) is 17.0. The average molecular weight is 358 g/mol. The normalized spacial score (nSPS) is 10.5. The van der Waals surface area contributed by atoms with Crippen LogP contribution in [0.4, 0.5) is 0 Å². The van der Waals surface area contributed by atoms with Gasteiger partial charge >= 0.3 is 5.97 Å². The summed E-state index contributed by atoms with van der Waals surface area (Å²) < 4.78 is 16.1.